The lowest BCUT2D eigenvalue weighted by Crippen LogP contribution is -2.29. The molecule has 1 saturated heterocycles. The molecule has 88 valence electrons. The SMILES string of the molecule is C=CCCCCCNCC1CCCOC1. The van der Waals surface area contributed by atoms with E-state index in [1.807, 2.05) is 6.08 Å². The Hall–Kier alpha value is -0.340. The molecule has 1 unspecified atom stereocenters. The number of hydrogen-bond donors (Lipinski definition) is 1. The van der Waals surface area contributed by atoms with E-state index in [-0.39, 0.29) is 0 Å². The standard InChI is InChI=1S/C13H25NO/c1-2-3-4-5-6-9-14-11-13-8-7-10-15-12-13/h2,13-14H,1,3-12H2. The van der Waals surface area contributed by atoms with Crippen molar-refractivity contribution in [2.75, 3.05) is 26.3 Å². The summed E-state index contributed by atoms with van der Waals surface area (Å²) in [5.41, 5.74) is 0. The molecule has 1 aliphatic heterocycles. The highest BCUT2D eigenvalue weighted by molar-refractivity contribution is 4.67. The molecular formula is C13H25NO. The third-order valence-electron chi connectivity index (χ3n) is 2.95. The highest BCUT2D eigenvalue weighted by Crippen LogP contribution is 2.12. The fraction of sp³-hybridized carbons (Fsp3) is 0.846. The van der Waals surface area contributed by atoms with Crippen LogP contribution >= 0.6 is 0 Å². The molecule has 1 rings (SSSR count). The monoisotopic (exact) mass is 211 g/mol. The maximum atomic E-state index is 5.44. The van der Waals surface area contributed by atoms with Crippen LogP contribution in [0.15, 0.2) is 12.7 Å². The van der Waals surface area contributed by atoms with Crippen LogP contribution < -0.4 is 5.32 Å². The van der Waals surface area contributed by atoms with E-state index in [0.717, 1.165) is 38.6 Å². The van der Waals surface area contributed by atoms with E-state index < -0.39 is 0 Å². The summed E-state index contributed by atoms with van der Waals surface area (Å²) in [5, 5.41) is 3.53. The Kier molecular flexibility index (Phi) is 7.58. The highest BCUT2D eigenvalue weighted by Gasteiger charge is 2.12. The molecule has 0 radical (unpaired) electrons. The second-order valence-corrected chi connectivity index (χ2v) is 4.43. The van der Waals surface area contributed by atoms with Gasteiger partial charge in [0.05, 0.1) is 6.61 Å². The minimum Gasteiger partial charge on any atom is -0.381 e. The van der Waals surface area contributed by atoms with Crippen LogP contribution in [0, 0.1) is 5.92 Å². The van der Waals surface area contributed by atoms with Crippen molar-refractivity contribution in [3.63, 3.8) is 0 Å². The van der Waals surface area contributed by atoms with Crippen molar-refractivity contribution in [2.24, 2.45) is 5.92 Å². The molecule has 0 bridgehead atoms. The van der Waals surface area contributed by atoms with Crippen molar-refractivity contribution >= 4 is 0 Å². The summed E-state index contributed by atoms with van der Waals surface area (Å²) < 4.78 is 5.44. The van der Waals surface area contributed by atoms with E-state index in [0.29, 0.717) is 0 Å². The fourth-order valence-electron chi connectivity index (χ4n) is 1.99. The number of nitrogens with one attached hydrogen (secondary N) is 1. The lowest BCUT2D eigenvalue weighted by molar-refractivity contribution is 0.0549. The molecule has 2 heteroatoms. The van der Waals surface area contributed by atoms with Crippen LogP contribution in [0.1, 0.15) is 38.5 Å². The van der Waals surface area contributed by atoms with Crippen molar-refractivity contribution in [1.82, 2.24) is 5.32 Å². The Morgan fingerprint density at radius 2 is 2.27 bits per heavy atom. The summed E-state index contributed by atoms with van der Waals surface area (Å²) in [6.45, 7) is 7.96. The normalized spacial score (nSPS) is 21.5. The number of rotatable bonds is 8. The molecule has 0 aromatic heterocycles. The topological polar surface area (TPSA) is 21.3 Å². The zero-order valence-electron chi connectivity index (χ0n) is 9.84. The lowest BCUT2D eigenvalue weighted by atomic mass is 10.0. The van der Waals surface area contributed by atoms with Crippen LogP contribution in [-0.2, 0) is 4.74 Å². The van der Waals surface area contributed by atoms with Gasteiger partial charge in [-0.05, 0) is 44.6 Å². The van der Waals surface area contributed by atoms with Gasteiger partial charge in [0.1, 0.15) is 0 Å². The van der Waals surface area contributed by atoms with Crippen molar-refractivity contribution in [3.8, 4) is 0 Å². The Labute approximate surface area is 94.1 Å². The van der Waals surface area contributed by atoms with E-state index in [4.69, 9.17) is 4.74 Å². The van der Waals surface area contributed by atoms with Gasteiger partial charge in [-0.1, -0.05) is 12.5 Å². The second kappa shape index (κ2) is 8.93. The molecular weight excluding hydrogens is 186 g/mol. The number of hydrogen-bond acceptors (Lipinski definition) is 2. The van der Waals surface area contributed by atoms with Gasteiger partial charge < -0.3 is 10.1 Å². The first kappa shape index (κ1) is 12.7. The van der Waals surface area contributed by atoms with Crippen molar-refractivity contribution in [1.29, 1.82) is 0 Å². The van der Waals surface area contributed by atoms with Crippen LogP contribution in [-0.4, -0.2) is 26.3 Å². The lowest BCUT2D eigenvalue weighted by Gasteiger charge is -2.22. The molecule has 1 fully saturated rings. The molecule has 0 saturated carbocycles. The average molecular weight is 211 g/mol. The van der Waals surface area contributed by atoms with Gasteiger partial charge in [0.2, 0.25) is 0 Å². The fourth-order valence-corrected chi connectivity index (χ4v) is 1.99. The maximum Gasteiger partial charge on any atom is 0.0506 e. The largest absolute Gasteiger partial charge is 0.381 e. The van der Waals surface area contributed by atoms with Crippen LogP contribution in [0.3, 0.4) is 0 Å². The molecule has 0 aromatic rings. The van der Waals surface area contributed by atoms with Crippen LogP contribution in [0.2, 0.25) is 0 Å². The minimum absolute atomic E-state index is 0.756. The van der Waals surface area contributed by atoms with Gasteiger partial charge in [0, 0.05) is 13.2 Å². The quantitative estimate of drug-likeness (QED) is 0.492. The van der Waals surface area contributed by atoms with Crippen LogP contribution in [0.4, 0.5) is 0 Å². The van der Waals surface area contributed by atoms with Gasteiger partial charge in [-0.3, -0.25) is 0 Å². The van der Waals surface area contributed by atoms with E-state index in [1.165, 1.54) is 32.1 Å². The zero-order valence-corrected chi connectivity index (χ0v) is 9.84. The summed E-state index contributed by atoms with van der Waals surface area (Å²) >= 11 is 0. The number of allylic oxidation sites excluding steroid dienone is 1. The first-order chi connectivity index (χ1) is 7.43. The highest BCUT2D eigenvalue weighted by atomic mass is 16.5. The molecule has 0 aromatic carbocycles. The Morgan fingerprint density at radius 1 is 1.33 bits per heavy atom. The minimum atomic E-state index is 0.756. The van der Waals surface area contributed by atoms with E-state index >= 15 is 0 Å². The van der Waals surface area contributed by atoms with Gasteiger partial charge >= 0.3 is 0 Å². The first-order valence-electron chi connectivity index (χ1n) is 6.33. The summed E-state index contributed by atoms with van der Waals surface area (Å²) in [4.78, 5) is 0. The van der Waals surface area contributed by atoms with Gasteiger partial charge in [-0.15, -0.1) is 6.58 Å². The predicted molar refractivity (Wildman–Crippen MR) is 65.1 cm³/mol. The molecule has 0 aliphatic carbocycles. The Balaban J connectivity index is 1.81. The van der Waals surface area contributed by atoms with E-state index in [2.05, 4.69) is 11.9 Å². The molecule has 1 heterocycles. The van der Waals surface area contributed by atoms with E-state index in [9.17, 15) is 0 Å². The van der Waals surface area contributed by atoms with Gasteiger partial charge in [-0.25, -0.2) is 0 Å². The summed E-state index contributed by atoms with van der Waals surface area (Å²) in [5.74, 6) is 0.756. The summed E-state index contributed by atoms with van der Waals surface area (Å²) in [6, 6.07) is 0. The smallest absolute Gasteiger partial charge is 0.0506 e. The summed E-state index contributed by atoms with van der Waals surface area (Å²) in [6.07, 6.45) is 9.65. The Bertz CT molecular complexity index is 153. The number of unbranched alkanes of at least 4 members (excludes halogenated alkanes) is 3. The van der Waals surface area contributed by atoms with Crippen LogP contribution in [0.25, 0.3) is 0 Å². The third kappa shape index (κ3) is 6.69. The van der Waals surface area contributed by atoms with Crippen LogP contribution in [0.5, 0.6) is 0 Å². The predicted octanol–water partition coefficient (Wildman–Crippen LogP) is 2.75. The first-order valence-corrected chi connectivity index (χ1v) is 6.33. The Morgan fingerprint density at radius 3 is 3.00 bits per heavy atom. The molecule has 0 spiro atoms. The molecule has 1 N–H and O–H groups in total. The molecule has 1 atom stereocenters. The van der Waals surface area contributed by atoms with Gasteiger partial charge in [0.25, 0.3) is 0 Å². The zero-order chi connectivity index (χ0) is 10.8. The molecule has 2 nitrogen and oxygen atoms in total. The van der Waals surface area contributed by atoms with Gasteiger partial charge in [0.15, 0.2) is 0 Å². The average Bonchev–Trinajstić information content (AvgIpc) is 2.29. The maximum absolute atomic E-state index is 5.44. The number of ether oxygens (including phenoxy) is 1. The van der Waals surface area contributed by atoms with Crippen molar-refractivity contribution in [2.45, 2.75) is 38.5 Å². The molecule has 1 aliphatic rings. The molecule has 15 heavy (non-hydrogen) atoms. The third-order valence-corrected chi connectivity index (χ3v) is 2.95. The van der Waals surface area contributed by atoms with E-state index in [1.54, 1.807) is 0 Å². The second-order valence-electron chi connectivity index (χ2n) is 4.43. The van der Waals surface area contributed by atoms with Gasteiger partial charge in [-0.2, -0.15) is 0 Å². The van der Waals surface area contributed by atoms with Crippen molar-refractivity contribution in [3.05, 3.63) is 12.7 Å². The molecule has 0 amide bonds. The van der Waals surface area contributed by atoms with Crippen molar-refractivity contribution < 1.29 is 4.74 Å². The summed E-state index contributed by atoms with van der Waals surface area (Å²) in [7, 11) is 0.